The molecule has 1 aromatic heterocycles. The van der Waals surface area contributed by atoms with Crippen molar-refractivity contribution in [3.63, 3.8) is 0 Å². The van der Waals surface area contributed by atoms with Crippen LogP contribution >= 0.6 is 0 Å². The van der Waals surface area contributed by atoms with Gasteiger partial charge in [0, 0.05) is 26.6 Å². The van der Waals surface area contributed by atoms with Gasteiger partial charge >= 0.3 is 0 Å². The molecule has 1 atom stereocenters. The van der Waals surface area contributed by atoms with Crippen molar-refractivity contribution in [3.8, 4) is 0 Å². The standard InChI is InChI=1S/C15H25N3O3/c1-3-4-7-13-16-15(21-17-13)12-6-5-9-18(11-12)14(19)8-10-20-2/h12H,3-11H2,1-2H3. The minimum Gasteiger partial charge on any atom is -0.384 e. The van der Waals surface area contributed by atoms with E-state index in [0.717, 1.165) is 44.5 Å². The van der Waals surface area contributed by atoms with Crippen molar-refractivity contribution in [3.05, 3.63) is 11.7 Å². The van der Waals surface area contributed by atoms with Crippen LogP contribution in [0.1, 0.15) is 56.7 Å². The zero-order valence-corrected chi connectivity index (χ0v) is 13.0. The van der Waals surface area contributed by atoms with Gasteiger partial charge in [0.2, 0.25) is 11.8 Å². The topological polar surface area (TPSA) is 68.5 Å². The Morgan fingerprint density at radius 1 is 1.52 bits per heavy atom. The van der Waals surface area contributed by atoms with E-state index in [4.69, 9.17) is 9.26 Å². The van der Waals surface area contributed by atoms with Crippen molar-refractivity contribution in [2.45, 2.75) is 51.4 Å². The van der Waals surface area contributed by atoms with Gasteiger partial charge in [-0.3, -0.25) is 4.79 Å². The molecule has 1 fully saturated rings. The maximum Gasteiger partial charge on any atom is 0.231 e. The predicted molar refractivity (Wildman–Crippen MR) is 78.0 cm³/mol. The maximum absolute atomic E-state index is 12.1. The molecule has 0 aromatic carbocycles. The number of likely N-dealkylation sites (tertiary alicyclic amines) is 1. The summed E-state index contributed by atoms with van der Waals surface area (Å²) in [5.74, 6) is 1.79. The molecule has 118 valence electrons. The van der Waals surface area contributed by atoms with Crippen molar-refractivity contribution in [2.24, 2.45) is 0 Å². The number of hydrogen-bond acceptors (Lipinski definition) is 5. The fourth-order valence-electron chi connectivity index (χ4n) is 2.62. The highest BCUT2D eigenvalue weighted by molar-refractivity contribution is 5.76. The number of carbonyl (C=O) groups is 1. The number of unbranched alkanes of at least 4 members (excludes halogenated alkanes) is 1. The van der Waals surface area contributed by atoms with Crippen LogP contribution < -0.4 is 0 Å². The van der Waals surface area contributed by atoms with Crippen LogP contribution in [0.3, 0.4) is 0 Å². The van der Waals surface area contributed by atoms with Crippen molar-refractivity contribution in [2.75, 3.05) is 26.8 Å². The van der Waals surface area contributed by atoms with Gasteiger partial charge in [0.1, 0.15) is 0 Å². The van der Waals surface area contributed by atoms with Crippen molar-refractivity contribution >= 4 is 5.91 Å². The van der Waals surface area contributed by atoms with Crippen LogP contribution in [0, 0.1) is 0 Å². The fourth-order valence-corrected chi connectivity index (χ4v) is 2.62. The average Bonchev–Trinajstić information content (AvgIpc) is 2.99. The Kier molecular flexibility index (Phi) is 6.17. The van der Waals surface area contributed by atoms with Crippen molar-refractivity contribution in [1.29, 1.82) is 0 Å². The van der Waals surface area contributed by atoms with Gasteiger partial charge in [0.25, 0.3) is 0 Å². The molecule has 6 nitrogen and oxygen atoms in total. The second-order valence-corrected chi connectivity index (χ2v) is 5.57. The van der Waals surface area contributed by atoms with E-state index in [-0.39, 0.29) is 11.8 Å². The van der Waals surface area contributed by atoms with Crippen LogP contribution in [0.4, 0.5) is 0 Å². The first-order valence-electron chi connectivity index (χ1n) is 7.83. The number of nitrogens with zero attached hydrogens (tertiary/aromatic N) is 3. The maximum atomic E-state index is 12.1. The molecular formula is C15H25N3O3. The molecule has 0 spiro atoms. The van der Waals surface area contributed by atoms with Crippen LogP contribution in [-0.2, 0) is 16.0 Å². The molecule has 1 amide bonds. The summed E-state index contributed by atoms with van der Waals surface area (Å²) < 4.78 is 10.4. The molecule has 21 heavy (non-hydrogen) atoms. The summed E-state index contributed by atoms with van der Waals surface area (Å²) in [7, 11) is 1.61. The quantitative estimate of drug-likeness (QED) is 0.771. The van der Waals surface area contributed by atoms with E-state index in [2.05, 4.69) is 17.1 Å². The van der Waals surface area contributed by atoms with Gasteiger partial charge < -0.3 is 14.2 Å². The third kappa shape index (κ3) is 4.52. The summed E-state index contributed by atoms with van der Waals surface area (Å²) in [6.45, 7) is 4.11. The lowest BCUT2D eigenvalue weighted by molar-refractivity contribution is -0.133. The second kappa shape index (κ2) is 8.12. The van der Waals surface area contributed by atoms with Gasteiger partial charge in [-0.1, -0.05) is 18.5 Å². The molecule has 0 saturated carbocycles. The number of methoxy groups -OCH3 is 1. The number of aromatic nitrogens is 2. The zero-order valence-electron chi connectivity index (χ0n) is 13.0. The Hall–Kier alpha value is -1.43. The van der Waals surface area contributed by atoms with E-state index in [0.29, 0.717) is 25.5 Å². The highest BCUT2D eigenvalue weighted by Gasteiger charge is 2.28. The van der Waals surface area contributed by atoms with E-state index in [9.17, 15) is 4.79 Å². The Labute approximate surface area is 125 Å². The summed E-state index contributed by atoms with van der Waals surface area (Å²) in [6, 6.07) is 0. The van der Waals surface area contributed by atoms with Crippen LogP contribution in [0.5, 0.6) is 0 Å². The Morgan fingerprint density at radius 3 is 3.14 bits per heavy atom. The Balaban J connectivity index is 1.91. The minimum atomic E-state index is 0.146. The number of aryl methyl sites for hydroxylation is 1. The third-order valence-electron chi connectivity index (χ3n) is 3.88. The average molecular weight is 295 g/mol. The van der Waals surface area contributed by atoms with E-state index < -0.39 is 0 Å². The molecule has 2 rings (SSSR count). The van der Waals surface area contributed by atoms with Crippen molar-refractivity contribution < 1.29 is 14.1 Å². The van der Waals surface area contributed by atoms with Crippen LogP contribution in [-0.4, -0.2) is 47.8 Å². The highest BCUT2D eigenvalue weighted by atomic mass is 16.5. The van der Waals surface area contributed by atoms with Gasteiger partial charge in [-0.05, 0) is 19.3 Å². The van der Waals surface area contributed by atoms with E-state index >= 15 is 0 Å². The van der Waals surface area contributed by atoms with Gasteiger partial charge in [0.05, 0.1) is 18.9 Å². The number of hydrogen-bond donors (Lipinski definition) is 0. The molecule has 1 saturated heterocycles. The first kappa shape index (κ1) is 15.9. The molecule has 1 unspecified atom stereocenters. The first-order valence-corrected chi connectivity index (χ1v) is 7.83. The lowest BCUT2D eigenvalue weighted by atomic mass is 9.97. The van der Waals surface area contributed by atoms with E-state index in [1.54, 1.807) is 7.11 Å². The summed E-state index contributed by atoms with van der Waals surface area (Å²) in [4.78, 5) is 18.4. The molecular weight excluding hydrogens is 270 g/mol. The smallest absolute Gasteiger partial charge is 0.231 e. The van der Waals surface area contributed by atoms with Crippen molar-refractivity contribution in [1.82, 2.24) is 15.0 Å². The molecule has 1 aromatic rings. The summed E-state index contributed by atoms with van der Waals surface area (Å²) >= 11 is 0. The molecule has 0 bridgehead atoms. The molecule has 0 aliphatic carbocycles. The lowest BCUT2D eigenvalue weighted by Gasteiger charge is -2.31. The number of amides is 1. The second-order valence-electron chi connectivity index (χ2n) is 5.57. The molecule has 0 N–H and O–H groups in total. The summed E-state index contributed by atoms with van der Waals surface area (Å²) in [5, 5.41) is 4.04. The van der Waals surface area contributed by atoms with E-state index in [1.807, 2.05) is 4.90 Å². The molecule has 6 heteroatoms. The Morgan fingerprint density at radius 2 is 2.38 bits per heavy atom. The SMILES string of the molecule is CCCCc1noc(C2CCCN(C(=O)CCOC)C2)n1. The van der Waals surface area contributed by atoms with Crippen LogP contribution in [0.15, 0.2) is 4.52 Å². The molecule has 0 radical (unpaired) electrons. The normalized spacial score (nSPS) is 19.0. The zero-order chi connectivity index (χ0) is 15.1. The number of piperidine rings is 1. The molecule has 1 aliphatic heterocycles. The monoisotopic (exact) mass is 295 g/mol. The number of carbonyl (C=O) groups excluding carboxylic acids is 1. The molecule has 1 aliphatic rings. The van der Waals surface area contributed by atoms with Gasteiger partial charge in [-0.25, -0.2) is 0 Å². The van der Waals surface area contributed by atoms with Crippen LogP contribution in [0.25, 0.3) is 0 Å². The predicted octanol–water partition coefficient (Wildman–Crippen LogP) is 2.15. The van der Waals surface area contributed by atoms with E-state index in [1.165, 1.54) is 0 Å². The summed E-state index contributed by atoms with van der Waals surface area (Å²) in [6.07, 6.45) is 5.48. The lowest BCUT2D eigenvalue weighted by Crippen LogP contribution is -2.39. The largest absolute Gasteiger partial charge is 0.384 e. The van der Waals surface area contributed by atoms with Gasteiger partial charge in [-0.2, -0.15) is 4.98 Å². The number of rotatable bonds is 7. The fraction of sp³-hybridized carbons (Fsp3) is 0.800. The first-order chi connectivity index (χ1) is 10.2. The van der Waals surface area contributed by atoms with Gasteiger partial charge in [-0.15, -0.1) is 0 Å². The molecule has 2 heterocycles. The number of ether oxygens (including phenoxy) is 1. The highest BCUT2D eigenvalue weighted by Crippen LogP contribution is 2.26. The Bertz CT molecular complexity index is 447. The van der Waals surface area contributed by atoms with Gasteiger partial charge in [0.15, 0.2) is 5.82 Å². The summed E-state index contributed by atoms with van der Waals surface area (Å²) in [5.41, 5.74) is 0. The third-order valence-corrected chi connectivity index (χ3v) is 3.88. The minimum absolute atomic E-state index is 0.146. The van der Waals surface area contributed by atoms with Crippen LogP contribution in [0.2, 0.25) is 0 Å².